The zero-order chi connectivity index (χ0) is 37.6. The van der Waals surface area contributed by atoms with E-state index in [-0.39, 0.29) is 36.9 Å². The molecule has 4 aliphatic rings. The number of hydrogen-bond acceptors (Lipinski definition) is 9. The molecule has 6 rings (SSSR count). The second-order valence-electron chi connectivity index (χ2n) is 14.9. The number of allylic oxidation sites excluding steroid dienone is 1. The second kappa shape index (κ2) is 14.2. The maximum Gasteiger partial charge on any atom is 0.405 e. The lowest BCUT2D eigenvalue weighted by Crippen LogP contribution is -2.59. The second-order valence-corrected chi connectivity index (χ2v) is 17.1. The van der Waals surface area contributed by atoms with Crippen molar-refractivity contribution in [3.63, 3.8) is 0 Å². The first-order chi connectivity index (χ1) is 24.6. The molecule has 2 aliphatic carbocycles. The van der Waals surface area contributed by atoms with Crippen molar-refractivity contribution in [1.29, 1.82) is 0 Å². The van der Waals surface area contributed by atoms with Crippen LogP contribution in [0.2, 0.25) is 0 Å². The number of aromatic nitrogens is 1. The molecule has 4 N–H and O–H groups in total. The van der Waals surface area contributed by atoms with Crippen molar-refractivity contribution in [3.05, 3.63) is 42.4 Å². The molecule has 2 saturated carbocycles. The lowest BCUT2D eigenvalue weighted by molar-refractivity contribution is -0.142. The predicted molar refractivity (Wildman–Crippen MR) is 187 cm³/mol. The summed E-state index contributed by atoms with van der Waals surface area (Å²) in [6.07, 6.45) is 6.25. The number of carboxylic acid groups (broad SMARTS) is 1. The number of rotatable bonds is 8. The smallest absolute Gasteiger partial charge is 0.405 e. The van der Waals surface area contributed by atoms with Gasteiger partial charge in [0.2, 0.25) is 27.7 Å². The molecule has 0 radical (unpaired) electrons. The van der Waals surface area contributed by atoms with Gasteiger partial charge in [0.25, 0.3) is 5.91 Å². The third-order valence-corrected chi connectivity index (χ3v) is 13.3. The zero-order valence-electron chi connectivity index (χ0n) is 29.7. The van der Waals surface area contributed by atoms with E-state index in [0.29, 0.717) is 42.9 Å². The summed E-state index contributed by atoms with van der Waals surface area (Å²) < 4.78 is 53.5. The van der Waals surface area contributed by atoms with Crippen LogP contribution in [-0.2, 0) is 24.4 Å². The molecule has 3 fully saturated rings. The maximum atomic E-state index is 14.8. The molecular weight excluding hydrogens is 697 g/mol. The van der Waals surface area contributed by atoms with Gasteiger partial charge in [-0.3, -0.25) is 19.1 Å². The van der Waals surface area contributed by atoms with Gasteiger partial charge in [0.05, 0.1) is 18.4 Å². The summed E-state index contributed by atoms with van der Waals surface area (Å²) in [6.45, 7) is 5.32. The lowest BCUT2D eigenvalue weighted by Gasteiger charge is -2.33. The molecule has 0 spiro atoms. The van der Waals surface area contributed by atoms with Crippen LogP contribution in [0.15, 0.2) is 36.5 Å². The SMILES string of the molecule is CC[C@@H]1C[C@H](C)CC/C=C\[C@@H]2C[C@@]2(C(=O)NS(=O)(=O)C2(C)CC2)NC(=O)[C@@H]2C[C@@H](Oc3nccc4cc(OC)c(F)cc34)CN2C(=O)[C@H]1NC(=O)O. The molecule has 3 heterocycles. The summed E-state index contributed by atoms with van der Waals surface area (Å²) in [5, 5.41) is 16.0. The van der Waals surface area contributed by atoms with Gasteiger partial charge in [0.15, 0.2) is 11.6 Å². The Morgan fingerprint density at radius 2 is 1.96 bits per heavy atom. The Labute approximate surface area is 301 Å². The summed E-state index contributed by atoms with van der Waals surface area (Å²) in [4.78, 5) is 60.2. The molecule has 16 heteroatoms. The molecule has 4 amide bonds. The van der Waals surface area contributed by atoms with Crippen LogP contribution < -0.4 is 24.8 Å². The lowest BCUT2D eigenvalue weighted by atomic mass is 9.85. The third-order valence-electron chi connectivity index (χ3n) is 11.2. The minimum atomic E-state index is -4.03. The number of halogens is 1. The van der Waals surface area contributed by atoms with Crippen LogP contribution in [0.3, 0.4) is 0 Å². The van der Waals surface area contributed by atoms with Crippen LogP contribution >= 0.6 is 0 Å². The fourth-order valence-corrected chi connectivity index (χ4v) is 8.82. The van der Waals surface area contributed by atoms with Gasteiger partial charge in [-0.05, 0) is 80.9 Å². The number of nitrogens with one attached hydrogen (secondary N) is 3. The molecule has 2 aromatic rings. The van der Waals surface area contributed by atoms with E-state index >= 15 is 0 Å². The molecule has 14 nitrogen and oxygen atoms in total. The highest BCUT2D eigenvalue weighted by Gasteiger charge is 2.63. The van der Waals surface area contributed by atoms with Crippen molar-refractivity contribution in [2.75, 3.05) is 13.7 Å². The average molecular weight is 744 g/mol. The molecular formula is C36H46FN5O9S. The summed E-state index contributed by atoms with van der Waals surface area (Å²) in [7, 11) is -2.68. The highest BCUT2D eigenvalue weighted by Crippen LogP contribution is 2.47. The molecule has 1 aromatic carbocycles. The molecule has 1 aromatic heterocycles. The van der Waals surface area contributed by atoms with Crippen molar-refractivity contribution in [2.24, 2.45) is 17.8 Å². The van der Waals surface area contributed by atoms with E-state index in [2.05, 4.69) is 20.3 Å². The van der Waals surface area contributed by atoms with Crippen LogP contribution in [0.25, 0.3) is 10.8 Å². The third kappa shape index (κ3) is 7.26. The van der Waals surface area contributed by atoms with Crippen molar-refractivity contribution in [3.8, 4) is 11.6 Å². The van der Waals surface area contributed by atoms with Crippen molar-refractivity contribution < 1.29 is 46.6 Å². The number of ether oxygens (including phenoxy) is 2. The first-order valence-corrected chi connectivity index (χ1v) is 19.2. The molecule has 1 saturated heterocycles. The molecule has 282 valence electrons. The van der Waals surface area contributed by atoms with Gasteiger partial charge in [-0.15, -0.1) is 0 Å². The topological polar surface area (TPSA) is 193 Å². The first kappa shape index (κ1) is 37.3. The maximum absolute atomic E-state index is 14.8. The fourth-order valence-electron chi connectivity index (χ4n) is 7.50. The summed E-state index contributed by atoms with van der Waals surface area (Å²) in [5.41, 5.74) is -1.58. The Morgan fingerprint density at radius 1 is 1.21 bits per heavy atom. The molecule has 52 heavy (non-hydrogen) atoms. The average Bonchev–Trinajstić information content (AvgIpc) is 3.97. The Bertz CT molecular complexity index is 1900. The Balaban J connectivity index is 1.35. The van der Waals surface area contributed by atoms with E-state index in [1.807, 2.05) is 26.0 Å². The van der Waals surface area contributed by atoms with Crippen LogP contribution in [0.1, 0.15) is 72.1 Å². The van der Waals surface area contributed by atoms with Crippen LogP contribution in [-0.4, -0.2) is 89.4 Å². The van der Waals surface area contributed by atoms with Crippen molar-refractivity contribution in [1.82, 2.24) is 25.2 Å². The Morgan fingerprint density at radius 3 is 2.63 bits per heavy atom. The highest BCUT2D eigenvalue weighted by atomic mass is 32.2. The number of fused-ring (bicyclic) bond motifs is 3. The van der Waals surface area contributed by atoms with Crippen molar-refractivity contribution >= 4 is 44.6 Å². The first-order valence-electron chi connectivity index (χ1n) is 17.8. The van der Waals surface area contributed by atoms with E-state index < -0.39 is 80.0 Å². The molecule has 7 atom stereocenters. The predicted octanol–water partition coefficient (Wildman–Crippen LogP) is 3.64. The minimum absolute atomic E-state index is 0.0284. The van der Waals surface area contributed by atoms with E-state index in [0.717, 1.165) is 6.42 Å². The molecule has 2 aliphatic heterocycles. The Kier molecular flexibility index (Phi) is 10.2. The number of pyridine rings is 1. The van der Waals surface area contributed by atoms with E-state index in [1.54, 1.807) is 13.0 Å². The van der Waals surface area contributed by atoms with Gasteiger partial charge < -0.3 is 30.1 Å². The number of nitrogens with zero attached hydrogens (tertiary/aromatic N) is 2. The van der Waals surface area contributed by atoms with Gasteiger partial charge in [-0.1, -0.05) is 32.4 Å². The quantitative estimate of drug-likeness (QED) is 0.290. The number of methoxy groups -OCH3 is 1. The van der Waals surface area contributed by atoms with Gasteiger partial charge >= 0.3 is 6.09 Å². The highest BCUT2D eigenvalue weighted by molar-refractivity contribution is 7.91. The van der Waals surface area contributed by atoms with Gasteiger partial charge in [-0.2, -0.15) is 0 Å². The van der Waals surface area contributed by atoms with Gasteiger partial charge in [0, 0.05) is 23.9 Å². The number of sulfonamides is 1. The standard InChI is InChI=1S/C36H46FN5O9S/c1-5-21-14-20(2)8-6-7-9-23-18-36(23,33(45)41-52(48,49)35(3)11-12-35)40-30(43)27-16-24(19-42(27)32(44)29(21)39-34(46)47)51-31-25-17-26(37)28(50-4)15-22(25)10-13-38-31/h7,9-10,13,15,17,20-21,23-24,27,29,39H,5-6,8,11-12,14,16,18-19H2,1-4H3,(H,40,43)(H,41,45)(H,46,47)/b9-7-/t20-,21-,23-,24-,27+,29+,36-/m1/s1. The monoisotopic (exact) mass is 743 g/mol. The van der Waals surface area contributed by atoms with Crippen molar-refractivity contribution in [2.45, 2.75) is 101 Å². The Hall–Kier alpha value is -4.47. The number of carbonyl (C=O) groups is 4. The number of hydrogen-bond donors (Lipinski definition) is 4. The summed E-state index contributed by atoms with van der Waals surface area (Å²) in [5.74, 6) is -3.53. The van der Waals surface area contributed by atoms with Crippen LogP contribution in [0.5, 0.6) is 11.6 Å². The van der Waals surface area contributed by atoms with E-state index in [9.17, 15) is 37.1 Å². The fraction of sp³-hybridized carbons (Fsp3) is 0.583. The number of carbonyl (C=O) groups excluding carboxylic acids is 3. The van der Waals surface area contributed by atoms with Gasteiger partial charge in [0.1, 0.15) is 23.7 Å². The van der Waals surface area contributed by atoms with E-state index in [4.69, 9.17) is 9.47 Å². The minimum Gasteiger partial charge on any atom is -0.494 e. The van der Waals surface area contributed by atoms with E-state index in [1.165, 1.54) is 30.3 Å². The van der Waals surface area contributed by atoms with Gasteiger partial charge in [-0.25, -0.2) is 22.6 Å². The molecule has 0 unspecified atom stereocenters. The van der Waals surface area contributed by atoms with Crippen LogP contribution in [0, 0.1) is 23.6 Å². The largest absolute Gasteiger partial charge is 0.494 e. The van der Waals surface area contributed by atoms with Crippen LogP contribution in [0.4, 0.5) is 9.18 Å². The summed E-state index contributed by atoms with van der Waals surface area (Å²) in [6, 6.07) is 1.96. The normalized spacial score (nSPS) is 30.8. The zero-order valence-corrected chi connectivity index (χ0v) is 30.5. The number of benzene rings is 1. The molecule has 0 bridgehead atoms. The number of amides is 4. The summed E-state index contributed by atoms with van der Waals surface area (Å²) >= 11 is 0.